The zero-order chi connectivity index (χ0) is 23.7. The zero-order valence-electron chi connectivity index (χ0n) is 21.1. The van der Waals surface area contributed by atoms with Gasteiger partial charge >= 0.3 is 0 Å². The molecular weight excluding hydrogens is 417 g/mol. The molecule has 2 fully saturated rings. The van der Waals surface area contributed by atoms with Gasteiger partial charge in [-0.25, -0.2) is 4.39 Å². The Bertz CT molecular complexity index is 671. The highest BCUT2D eigenvalue weighted by atomic mass is 19.1. The molecule has 1 atom stereocenters. The van der Waals surface area contributed by atoms with Gasteiger partial charge in [-0.3, -0.25) is 10.9 Å². The van der Waals surface area contributed by atoms with E-state index in [0.717, 1.165) is 50.6 Å². The predicted molar refractivity (Wildman–Crippen MR) is 135 cm³/mol. The minimum atomic E-state index is -0.276. The van der Waals surface area contributed by atoms with E-state index in [1.54, 1.807) is 12.7 Å². The lowest BCUT2D eigenvalue weighted by Gasteiger charge is -2.17. The number of hydrazine groups is 1. The van der Waals surface area contributed by atoms with Crippen molar-refractivity contribution in [3.05, 3.63) is 41.2 Å². The van der Waals surface area contributed by atoms with Crippen LogP contribution in [0.1, 0.15) is 83.2 Å². The minimum Gasteiger partial charge on any atom is -0.490 e. The van der Waals surface area contributed by atoms with Gasteiger partial charge in [0.15, 0.2) is 11.6 Å². The molecule has 33 heavy (non-hydrogen) atoms. The molecule has 0 bridgehead atoms. The molecule has 6 heteroatoms. The van der Waals surface area contributed by atoms with Gasteiger partial charge in [-0.1, -0.05) is 37.0 Å². The Morgan fingerprint density at radius 2 is 1.91 bits per heavy atom. The third-order valence-electron chi connectivity index (χ3n) is 6.23. The van der Waals surface area contributed by atoms with Crippen LogP contribution in [0.15, 0.2) is 29.8 Å². The van der Waals surface area contributed by atoms with Crippen molar-refractivity contribution in [3.63, 3.8) is 0 Å². The van der Waals surface area contributed by atoms with Gasteiger partial charge < -0.3 is 14.8 Å². The number of allylic oxidation sites excluding steroid dienone is 1. The highest BCUT2D eigenvalue weighted by molar-refractivity contribution is 5.32. The average Bonchev–Trinajstić information content (AvgIpc) is 3.62. The van der Waals surface area contributed by atoms with Crippen LogP contribution in [-0.2, 0) is 4.74 Å². The molecule has 0 aliphatic heterocycles. The number of halogens is 1. The summed E-state index contributed by atoms with van der Waals surface area (Å²) < 4.78 is 24.2. The lowest BCUT2D eigenvalue weighted by Crippen LogP contribution is -2.34. The summed E-state index contributed by atoms with van der Waals surface area (Å²) in [4.78, 5) is 0. The van der Waals surface area contributed by atoms with Crippen LogP contribution in [0, 0.1) is 11.7 Å². The maximum atomic E-state index is 14.0. The van der Waals surface area contributed by atoms with Crippen molar-refractivity contribution in [2.24, 2.45) is 5.92 Å². The molecule has 0 aromatic heterocycles. The highest BCUT2D eigenvalue weighted by Crippen LogP contribution is 2.32. The molecule has 0 amide bonds. The molecule has 1 aromatic carbocycles. The number of hydrogen-bond donors (Lipinski definition) is 3. The number of nitrogens with one attached hydrogen (secondary N) is 3. The Kier molecular flexibility index (Phi) is 14.3. The van der Waals surface area contributed by atoms with E-state index in [-0.39, 0.29) is 11.9 Å². The lowest BCUT2D eigenvalue weighted by molar-refractivity contribution is 0.215. The van der Waals surface area contributed by atoms with Crippen molar-refractivity contribution in [2.45, 2.75) is 77.7 Å². The number of benzene rings is 1. The molecule has 3 rings (SSSR count). The zero-order valence-corrected chi connectivity index (χ0v) is 21.1. The van der Waals surface area contributed by atoms with Gasteiger partial charge in [0.05, 0.1) is 6.61 Å². The summed E-state index contributed by atoms with van der Waals surface area (Å²) in [5.41, 5.74) is 9.27. The van der Waals surface area contributed by atoms with Crippen LogP contribution in [0.3, 0.4) is 0 Å². The standard InChI is InChI=1S/C24H38FN3O.C3H8O/c1-19(22-10-11-23(25)24(18-22)29-17-13-21-8-9-21)28-27-15-4-2-3-14-26-16-12-20-6-5-7-20;1-3-4-2/h10-12,18-19,21,26-28H,2-9,13-17H2,1H3;3H2,1-2H3/t19-;/m0./s1. The van der Waals surface area contributed by atoms with E-state index in [1.807, 2.05) is 19.1 Å². The van der Waals surface area contributed by atoms with E-state index < -0.39 is 0 Å². The van der Waals surface area contributed by atoms with Gasteiger partial charge in [0.25, 0.3) is 0 Å². The lowest BCUT2D eigenvalue weighted by atomic mass is 9.92. The first-order valence-corrected chi connectivity index (χ1v) is 12.9. The van der Waals surface area contributed by atoms with E-state index in [4.69, 9.17) is 4.74 Å². The van der Waals surface area contributed by atoms with Gasteiger partial charge in [-0.15, -0.1) is 0 Å². The van der Waals surface area contributed by atoms with Crippen molar-refractivity contribution in [1.29, 1.82) is 0 Å². The van der Waals surface area contributed by atoms with Crippen LogP contribution in [0.4, 0.5) is 4.39 Å². The van der Waals surface area contributed by atoms with Crippen LogP contribution < -0.4 is 20.9 Å². The number of hydrogen-bond acceptors (Lipinski definition) is 5. The van der Waals surface area contributed by atoms with Crippen LogP contribution in [0.25, 0.3) is 0 Å². The normalized spacial score (nSPS) is 15.9. The molecule has 188 valence electrons. The summed E-state index contributed by atoms with van der Waals surface area (Å²) in [6.45, 7) is 8.51. The SMILES string of the molecule is CCOC.C[C@H](NNCCCCCNCC=C1CCC1)c1ccc(F)c(OCCC2CC2)c1. The molecule has 0 unspecified atom stereocenters. The fourth-order valence-electron chi connectivity index (χ4n) is 3.49. The summed E-state index contributed by atoms with van der Waals surface area (Å²) in [6, 6.07) is 5.26. The molecule has 0 spiro atoms. The van der Waals surface area contributed by atoms with Crippen LogP contribution in [-0.4, -0.2) is 40.0 Å². The van der Waals surface area contributed by atoms with Gasteiger partial charge in [0.2, 0.25) is 0 Å². The van der Waals surface area contributed by atoms with Crippen molar-refractivity contribution in [3.8, 4) is 5.75 Å². The summed E-state index contributed by atoms with van der Waals surface area (Å²) >= 11 is 0. The Morgan fingerprint density at radius 3 is 2.58 bits per heavy atom. The molecule has 2 aliphatic carbocycles. The highest BCUT2D eigenvalue weighted by Gasteiger charge is 2.21. The summed E-state index contributed by atoms with van der Waals surface area (Å²) in [7, 11) is 1.68. The number of rotatable bonds is 16. The van der Waals surface area contributed by atoms with E-state index in [0.29, 0.717) is 12.4 Å². The fourth-order valence-corrected chi connectivity index (χ4v) is 3.49. The molecule has 0 heterocycles. The third kappa shape index (κ3) is 12.5. The van der Waals surface area contributed by atoms with Crippen molar-refractivity contribution >= 4 is 0 Å². The number of methoxy groups -OCH3 is 1. The summed E-state index contributed by atoms with van der Waals surface area (Å²) in [5.74, 6) is 0.894. The molecule has 2 saturated carbocycles. The van der Waals surface area contributed by atoms with E-state index in [9.17, 15) is 4.39 Å². The molecule has 5 nitrogen and oxygen atoms in total. The van der Waals surface area contributed by atoms with Gasteiger partial charge in [0, 0.05) is 32.8 Å². The average molecular weight is 464 g/mol. The first kappa shape index (κ1) is 27.8. The predicted octanol–water partition coefficient (Wildman–Crippen LogP) is 5.68. The van der Waals surface area contributed by atoms with Gasteiger partial charge in [0.1, 0.15) is 0 Å². The smallest absolute Gasteiger partial charge is 0.165 e. The minimum absolute atomic E-state index is 0.0996. The Balaban J connectivity index is 0.000000890. The topological polar surface area (TPSA) is 54.5 Å². The van der Waals surface area contributed by atoms with Crippen LogP contribution >= 0.6 is 0 Å². The largest absolute Gasteiger partial charge is 0.490 e. The third-order valence-corrected chi connectivity index (χ3v) is 6.23. The maximum absolute atomic E-state index is 14.0. The van der Waals surface area contributed by atoms with E-state index in [2.05, 4.69) is 33.9 Å². The number of ether oxygens (including phenoxy) is 2. The Labute approximate surface area is 200 Å². The van der Waals surface area contributed by atoms with E-state index >= 15 is 0 Å². The monoisotopic (exact) mass is 463 g/mol. The van der Waals surface area contributed by atoms with Crippen molar-refractivity contribution in [1.82, 2.24) is 16.2 Å². The van der Waals surface area contributed by atoms with E-state index in [1.165, 1.54) is 51.0 Å². The number of unbranched alkanes of at least 4 members (excludes halogenated alkanes) is 2. The van der Waals surface area contributed by atoms with Crippen molar-refractivity contribution < 1.29 is 13.9 Å². The molecular formula is C27H46FN3O2. The molecule has 0 radical (unpaired) electrons. The molecule has 3 N–H and O–H groups in total. The summed E-state index contributed by atoms with van der Waals surface area (Å²) in [6.07, 6.45) is 13.5. The van der Waals surface area contributed by atoms with Crippen LogP contribution in [0.5, 0.6) is 5.75 Å². The second-order valence-corrected chi connectivity index (χ2v) is 9.12. The first-order valence-electron chi connectivity index (χ1n) is 12.9. The Morgan fingerprint density at radius 1 is 1.15 bits per heavy atom. The van der Waals surface area contributed by atoms with Crippen LogP contribution in [0.2, 0.25) is 0 Å². The van der Waals surface area contributed by atoms with Gasteiger partial charge in [-0.2, -0.15) is 0 Å². The quantitative estimate of drug-likeness (QED) is 0.167. The second-order valence-electron chi connectivity index (χ2n) is 9.12. The molecule has 2 aliphatic rings. The van der Waals surface area contributed by atoms with Crippen molar-refractivity contribution in [2.75, 3.05) is 40.0 Å². The molecule has 1 aromatic rings. The Hall–Kier alpha value is -1.47. The van der Waals surface area contributed by atoms with Gasteiger partial charge in [-0.05, 0) is 82.5 Å². The first-order chi connectivity index (χ1) is 16.1. The summed E-state index contributed by atoms with van der Waals surface area (Å²) in [5, 5.41) is 3.49. The maximum Gasteiger partial charge on any atom is 0.165 e. The fraction of sp³-hybridized carbons (Fsp3) is 0.704. The second kappa shape index (κ2) is 17.0. The molecule has 0 saturated heterocycles.